The molecule has 9 nitrogen and oxygen atoms in total. The summed E-state index contributed by atoms with van der Waals surface area (Å²) >= 11 is 0. The van der Waals surface area contributed by atoms with Crippen LogP contribution in [0.4, 0.5) is 17.7 Å². The van der Waals surface area contributed by atoms with E-state index >= 15 is 0 Å². The minimum absolute atomic E-state index is 0. The van der Waals surface area contributed by atoms with Crippen LogP contribution in [-0.2, 0) is 11.2 Å². The molecule has 3 aliphatic rings. The van der Waals surface area contributed by atoms with E-state index in [-0.39, 0.29) is 24.4 Å². The van der Waals surface area contributed by atoms with Crippen molar-refractivity contribution < 1.29 is 4.74 Å². The minimum atomic E-state index is 0. The van der Waals surface area contributed by atoms with E-state index in [4.69, 9.17) is 20.4 Å². The van der Waals surface area contributed by atoms with Gasteiger partial charge in [0.1, 0.15) is 5.82 Å². The van der Waals surface area contributed by atoms with Crippen molar-refractivity contribution in [3.63, 3.8) is 0 Å². The number of halogens is 1. The van der Waals surface area contributed by atoms with E-state index in [1.807, 2.05) is 7.05 Å². The Morgan fingerprint density at radius 3 is 2.60 bits per heavy atom. The monoisotopic (exact) mass is 432 g/mol. The van der Waals surface area contributed by atoms with E-state index in [1.165, 1.54) is 5.56 Å². The zero-order valence-corrected chi connectivity index (χ0v) is 18.2. The predicted molar refractivity (Wildman–Crippen MR) is 119 cm³/mol. The van der Waals surface area contributed by atoms with Crippen LogP contribution in [0.25, 0.3) is 11.3 Å². The molecule has 1 saturated carbocycles. The van der Waals surface area contributed by atoms with Gasteiger partial charge in [-0.15, -0.1) is 12.4 Å². The summed E-state index contributed by atoms with van der Waals surface area (Å²) in [5, 5.41) is 3.38. The quantitative estimate of drug-likeness (QED) is 0.738. The standard InChI is InChI=1S/C20H28N8O.ClH/c1-12-11-29-6-5-27(12)20-25-17(13-9-23-19(21)24-10-13)16-3-4-28(18(16)26-20)15-7-14(8-15)22-2;/h9-10,12,14-15,22H,3-8,11H2,1-2H3,(H2,21,23,24);1H/t12-,14?,15?;/m0./s1. The minimum Gasteiger partial charge on any atom is -0.377 e. The molecule has 0 unspecified atom stereocenters. The highest BCUT2D eigenvalue weighted by molar-refractivity contribution is 5.85. The number of nitrogen functional groups attached to an aromatic ring is 1. The van der Waals surface area contributed by atoms with Crippen molar-refractivity contribution in [1.29, 1.82) is 0 Å². The Morgan fingerprint density at radius 1 is 1.13 bits per heavy atom. The van der Waals surface area contributed by atoms with Crippen LogP contribution in [0.15, 0.2) is 12.4 Å². The van der Waals surface area contributed by atoms with E-state index in [2.05, 4.69) is 32.0 Å². The third kappa shape index (κ3) is 3.66. The smallest absolute Gasteiger partial charge is 0.228 e. The second kappa shape index (κ2) is 8.49. The van der Waals surface area contributed by atoms with E-state index in [1.54, 1.807) is 12.4 Å². The molecule has 2 aliphatic heterocycles. The summed E-state index contributed by atoms with van der Waals surface area (Å²) in [5.74, 6) is 2.11. The number of nitrogens with two attached hydrogens (primary N) is 1. The van der Waals surface area contributed by atoms with Gasteiger partial charge in [-0.1, -0.05) is 0 Å². The summed E-state index contributed by atoms with van der Waals surface area (Å²) in [7, 11) is 2.04. The molecule has 2 fully saturated rings. The van der Waals surface area contributed by atoms with Crippen LogP contribution in [-0.4, -0.2) is 71.4 Å². The summed E-state index contributed by atoms with van der Waals surface area (Å²) in [6.45, 7) is 5.32. The normalized spacial score (nSPS) is 25.5. The largest absolute Gasteiger partial charge is 0.377 e. The molecule has 0 radical (unpaired) electrons. The van der Waals surface area contributed by atoms with Crippen LogP contribution in [0.3, 0.4) is 0 Å². The zero-order chi connectivity index (χ0) is 20.0. The van der Waals surface area contributed by atoms with Gasteiger partial charge in [-0.25, -0.2) is 15.0 Å². The van der Waals surface area contributed by atoms with Crippen LogP contribution >= 0.6 is 12.4 Å². The first-order chi connectivity index (χ1) is 14.1. The van der Waals surface area contributed by atoms with Crippen molar-refractivity contribution in [3.8, 4) is 11.3 Å². The summed E-state index contributed by atoms with van der Waals surface area (Å²) in [4.78, 5) is 23.2. The Balaban J connectivity index is 0.00000218. The molecule has 2 aromatic heterocycles. The Hall–Kier alpha value is -2.23. The molecule has 0 aromatic carbocycles. The maximum absolute atomic E-state index is 5.70. The average Bonchev–Trinajstić information content (AvgIpc) is 3.11. The lowest BCUT2D eigenvalue weighted by molar-refractivity contribution is 0.0981. The van der Waals surface area contributed by atoms with E-state index in [9.17, 15) is 0 Å². The number of hydrogen-bond donors (Lipinski definition) is 2. The fourth-order valence-corrected chi connectivity index (χ4v) is 4.55. The van der Waals surface area contributed by atoms with Crippen molar-refractivity contribution in [2.45, 2.75) is 44.3 Å². The molecule has 4 heterocycles. The third-order valence-corrected chi connectivity index (χ3v) is 6.38. The summed E-state index contributed by atoms with van der Waals surface area (Å²) in [5.41, 5.74) is 8.71. The lowest BCUT2D eigenvalue weighted by Gasteiger charge is -2.42. The molecule has 0 amide bonds. The summed E-state index contributed by atoms with van der Waals surface area (Å²) < 4.78 is 5.62. The number of hydrogen-bond acceptors (Lipinski definition) is 9. The topological polar surface area (TPSA) is 105 Å². The van der Waals surface area contributed by atoms with Crippen molar-refractivity contribution in [1.82, 2.24) is 25.3 Å². The van der Waals surface area contributed by atoms with Gasteiger partial charge in [-0.2, -0.15) is 4.98 Å². The van der Waals surface area contributed by atoms with Crippen LogP contribution in [0.5, 0.6) is 0 Å². The Kier molecular flexibility index (Phi) is 5.95. The number of anilines is 3. The van der Waals surface area contributed by atoms with E-state index in [0.29, 0.717) is 25.3 Å². The second-order valence-electron chi connectivity index (χ2n) is 8.18. The van der Waals surface area contributed by atoms with Gasteiger partial charge in [-0.3, -0.25) is 0 Å². The SMILES string of the molecule is CNC1CC(N2CCc3c(-c4cnc(N)nc4)nc(N4CCOC[C@@H]4C)nc32)C1.Cl. The molecule has 0 bridgehead atoms. The lowest BCUT2D eigenvalue weighted by atomic mass is 9.86. The zero-order valence-electron chi connectivity index (χ0n) is 17.4. The van der Waals surface area contributed by atoms with Gasteiger partial charge >= 0.3 is 0 Å². The number of nitrogens with one attached hydrogen (secondary N) is 1. The van der Waals surface area contributed by atoms with Gasteiger partial charge in [0.05, 0.1) is 24.9 Å². The molecule has 162 valence electrons. The predicted octanol–water partition coefficient (Wildman–Crippen LogP) is 1.28. The van der Waals surface area contributed by atoms with Gasteiger partial charge < -0.3 is 25.6 Å². The van der Waals surface area contributed by atoms with Gasteiger partial charge in [0.15, 0.2) is 0 Å². The van der Waals surface area contributed by atoms with Crippen LogP contribution < -0.4 is 20.9 Å². The first-order valence-corrected chi connectivity index (χ1v) is 10.4. The van der Waals surface area contributed by atoms with Crippen molar-refractivity contribution in [3.05, 3.63) is 18.0 Å². The number of rotatable bonds is 4. The van der Waals surface area contributed by atoms with Crippen molar-refractivity contribution >= 4 is 30.1 Å². The highest BCUT2D eigenvalue weighted by atomic mass is 35.5. The summed E-state index contributed by atoms with van der Waals surface area (Å²) in [6.07, 6.45) is 6.78. The Bertz CT molecular complexity index is 889. The van der Waals surface area contributed by atoms with Crippen molar-refractivity contribution in [2.75, 3.05) is 48.9 Å². The number of aromatic nitrogens is 4. The van der Waals surface area contributed by atoms with E-state index in [0.717, 1.165) is 55.4 Å². The van der Waals surface area contributed by atoms with Crippen LogP contribution in [0.1, 0.15) is 25.3 Å². The molecular weight excluding hydrogens is 404 g/mol. The maximum Gasteiger partial charge on any atom is 0.228 e. The molecule has 10 heteroatoms. The van der Waals surface area contributed by atoms with Crippen LogP contribution in [0, 0.1) is 0 Å². The fraction of sp³-hybridized carbons (Fsp3) is 0.600. The first kappa shape index (κ1) is 21.0. The average molecular weight is 433 g/mol. The molecule has 0 spiro atoms. The number of fused-ring (bicyclic) bond motifs is 1. The maximum atomic E-state index is 5.70. The Morgan fingerprint density at radius 2 is 1.90 bits per heavy atom. The molecule has 3 N–H and O–H groups in total. The molecule has 1 saturated heterocycles. The summed E-state index contributed by atoms with van der Waals surface area (Å²) in [6, 6.07) is 1.38. The molecule has 30 heavy (non-hydrogen) atoms. The van der Waals surface area contributed by atoms with Crippen molar-refractivity contribution in [2.24, 2.45) is 0 Å². The first-order valence-electron chi connectivity index (χ1n) is 10.4. The third-order valence-electron chi connectivity index (χ3n) is 6.38. The number of morpholine rings is 1. The molecular formula is C20H29ClN8O. The van der Waals surface area contributed by atoms with Gasteiger partial charge in [0, 0.05) is 48.7 Å². The van der Waals surface area contributed by atoms with Crippen LogP contribution in [0.2, 0.25) is 0 Å². The number of nitrogens with zero attached hydrogens (tertiary/aromatic N) is 6. The van der Waals surface area contributed by atoms with Gasteiger partial charge in [0.25, 0.3) is 0 Å². The van der Waals surface area contributed by atoms with Gasteiger partial charge in [-0.05, 0) is 33.2 Å². The highest BCUT2D eigenvalue weighted by Gasteiger charge is 2.38. The lowest BCUT2D eigenvalue weighted by Crippen LogP contribution is -2.51. The van der Waals surface area contributed by atoms with Gasteiger partial charge in [0.2, 0.25) is 11.9 Å². The molecule has 1 aliphatic carbocycles. The molecule has 2 aromatic rings. The number of ether oxygens (including phenoxy) is 1. The fourth-order valence-electron chi connectivity index (χ4n) is 4.55. The second-order valence-corrected chi connectivity index (χ2v) is 8.18. The van der Waals surface area contributed by atoms with E-state index < -0.39 is 0 Å². The Labute approximate surface area is 182 Å². The molecule has 1 atom stereocenters. The molecule has 5 rings (SSSR count). The highest BCUT2D eigenvalue weighted by Crippen LogP contribution is 2.40.